The molecule has 20 unspecified atom stereocenters. The molecule has 0 aromatic carbocycles. The quantitative estimate of drug-likeness (QED) is 0.0398. The first-order valence-electron chi connectivity index (χ1n) is 19.1. The summed E-state index contributed by atoms with van der Waals surface area (Å²) in [5, 5.41) is 174. The van der Waals surface area contributed by atoms with Gasteiger partial charge in [-0.3, -0.25) is 10.6 Å². The number of nitrogens with zero attached hydrogens (tertiary/aromatic N) is 3. The number of aliphatic hydroxyl groups is 16. The van der Waals surface area contributed by atoms with Crippen LogP contribution in [0.2, 0.25) is 0 Å². The number of hydrogen-bond acceptors (Lipinski definition) is 22. The predicted octanol–water partition coefficient (Wildman–Crippen LogP) is -21.0. The molecule has 0 aromatic heterocycles. The van der Waals surface area contributed by atoms with Crippen LogP contribution in [-0.4, -0.2) is 283 Å². The number of rotatable bonds is 20. The van der Waals surface area contributed by atoms with Crippen LogP contribution in [0.1, 0.15) is 0 Å². The molecule has 30 heteroatoms. The second-order valence-corrected chi connectivity index (χ2v) is 14.2. The van der Waals surface area contributed by atoms with Crippen LogP contribution in [-0.2, 0) is 38.4 Å². The number of quaternary nitrogens is 1. The molecule has 4 rings (SSSR count). The Balaban J connectivity index is 0. The molecule has 4 aliphatic heterocycles. The molecule has 4 saturated heterocycles. The number of hydrogen-bond donors (Lipinski definition) is 19. The zero-order valence-electron chi connectivity index (χ0n) is 33.6. The van der Waals surface area contributed by atoms with Crippen molar-refractivity contribution >= 4 is 0 Å². The number of aliphatic hydroxyl groups excluding tert-OH is 16. The van der Waals surface area contributed by atoms with Gasteiger partial charge in [0.05, 0.1) is 51.7 Å². The minimum absolute atomic E-state index is 0. The summed E-state index contributed by atoms with van der Waals surface area (Å²) in [4.78, 5) is 0. The third-order valence-electron chi connectivity index (χ3n) is 10.0. The SMILES string of the molecule is OCC1OC(NCC[NH2+]CCNC2OC(CO)C(O)C(O)C2O)C(O)C(O)C1O.OCC1OC([N-]CC[N-]CC[N-]C2OC(CO)C(O)C(O)C2O)C(O)C(O)C1O.[Cl-].[Cl-].[Cl-].[Zn+2]. The molecule has 0 spiro atoms. The van der Waals surface area contributed by atoms with E-state index in [1.165, 1.54) is 0 Å². The van der Waals surface area contributed by atoms with Crippen molar-refractivity contribution in [1.82, 2.24) is 10.6 Å². The van der Waals surface area contributed by atoms with Crippen LogP contribution in [0.15, 0.2) is 0 Å². The standard InChI is InChI=1S/C16H33N3O10.C16H30N3O10.3ClH.Zn/c2*20-5-7-9(22)11(24)13(26)15(28-7)18-3-1-17-2-4-19-16-14(27)12(25)10(23)8(6-21)29-16;;;;/h7-27H,1-6H2;7-16,20-27H,1-6H2;3*1H;/q;-3;;;;+2/p-2. The summed E-state index contributed by atoms with van der Waals surface area (Å²) in [6.07, 6.45) is -25.0. The van der Waals surface area contributed by atoms with Crippen molar-refractivity contribution in [2.45, 2.75) is 123 Å². The summed E-state index contributed by atoms with van der Waals surface area (Å²) in [5.41, 5.74) is 0. The minimum Gasteiger partial charge on any atom is -1.00 e. The molecule has 26 nitrogen and oxygen atoms in total. The van der Waals surface area contributed by atoms with Gasteiger partial charge in [0.25, 0.3) is 0 Å². The van der Waals surface area contributed by atoms with Gasteiger partial charge in [-0.2, -0.15) is 26.2 Å². The second kappa shape index (κ2) is 33.0. The Hall–Kier alpha value is 0.453. The maximum Gasteiger partial charge on any atom is 2.00 e. The van der Waals surface area contributed by atoms with Crippen LogP contribution in [0.5, 0.6) is 0 Å². The summed E-state index contributed by atoms with van der Waals surface area (Å²) < 4.78 is 21.2. The van der Waals surface area contributed by atoms with Crippen LogP contribution in [0.25, 0.3) is 16.0 Å². The Bertz CT molecular complexity index is 975. The van der Waals surface area contributed by atoms with Gasteiger partial charge in [-0.1, -0.05) is 0 Å². The van der Waals surface area contributed by atoms with Gasteiger partial charge in [0.2, 0.25) is 0 Å². The van der Waals surface area contributed by atoms with Gasteiger partial charge in [0, 0.05) is 13.1 Å². The maximum atomic E-state index is 9.92. The van der Waals surface area contributed by atoms with E-state index in [4.69, 9.17) is 39.4 Å². The van der Waals surface area contributed by atoms with Crippen molar-refractivity contribution < 1.29 is 163 Å². The third-order valence-corrected chi connectivity index (χ3v) is 10.0. The van der Waals surface area contributed by atoms with Crippen molar-refractivity contribution in [2.75, 3.05) is 78.8 Å². The van der Waals surface area contributed by atoms with E-state index < -0.39 is 149 Å². The van der Waals surface area contributed by atoms with E-state index in [2.05, 4.69) is 26.6 Å². The van der Waals surface area contributed by atoms with Gasteiger partial charge in [-0.25, -0.2) is 0 Å². The molecule has 4 fully saturated rings. The molecule has 20 atom stereocenters. The fourth-order valence-electron chi connectivity index (χ4n) is 6.43. The third kappa shape index (κ3) is 18.2. The van der Waals surface area contributed by atoms with E-state index in [0.29, 0.717) is 26.2 Å². The van der Waals surface area contributed by atoms with Crippen LogP contribution in [0.3, 0.4) is 0 Å². The zero-order chi connectivity index (χ0) is 43.1. The van der Waals surface area contributed by atoms with Crippen molar-refractivity contribution in [2.24, 2.45) is 0 Å². The predicted molar refractivity (Wildman–Crippen MR) is 192 cm³/mol. The molecule has 0 saturated carbocycles. The first-order valence-corrected chi connectivity index (χ1v) is 19.1. The summed E-state index contributed by atoms with van der Waals surface area (Å²) in [6.45, 7) is 0.742. The van der Waals surface area contributed by atoms with Crippen molar-refractivity contribution in [3.8, 4) is 0 Å². The molecule has 0 aromatic rings. The summed E-state index contributed by atoms with van der Waals surface area (Å²) in [7, 11) is 0. The molecule has 4 heterocycles. The molecular formula is C32H64Cl3N6O20Zn-3. The first kappa shape index (κ1) is 64.5. The van der Waals surface area contributed by atoms with Gasteiger partial charge in [0.1, 0.15) is 97.9 Å². The molecule has 4 aliphatic rings. The molecule has 0 aliphatic carbocycles. The van der Waals surface area contributed by atoms with Crippen LogP contribution >= 0.6 is 0 Å². The average Bonchev–Trinajstić information content (AvgIpc) is 3.22. The zero-order valence-corrected chi connectivity index (χ0v) is 38.8. The average molecular weight is 1020 g/mol. The Labute approximate surface area is 389 Å². The molecule has 20 N–H and O–H groups in total. The Morgan fingerprint density at radius 3 is 0.984 bits per heavy atom. The van der Waals surface area contributed by atoms with E-state index in [1.807, 2.05) is 5.32 Å². The summed E-state index contributed by atoms with van der Waals surface area (Å²) in [5.74, 6) is 0. The topological polar surface area (TPSA) is 444 Å². The molecule has 0 amide bonds. The normalized spacial score (nSPS) is 40.6. The van der Waals surface area contributed by atoms with Crippen LogP contribution in [0.4, 0.5) is 0 Å². The number of ether oxygens (including phenoxy) is 4. The van der Waals surface area contributed by atoms with E-state index in [0.717, 1.165) is 0 Å². The number of nitrogens with two attached hydrogens (primary N) is 1. The molecule has 0 radical (unpaired) electrons. The van der Waals surface area contributed by atoms with Gasteiger partial charge >= 0.3 is 19.5 Å². The minimum atomic E-state index is -1.48. The Kier molecular flexibility index (Phi) is 34.4. The van der Waals surface area contributed by atoms with E-state index in [-0.39, 0.29) is 82.9 Å². The van der Waals surface area contributed by atoms with Crippen molar-refractivity contribution in [3.63, 3.8) is 0 Å². The molecule has 0 bridgehead atoms. The van der Waals surface area contributed by atoms with Gasteiger partial charge in [-0.05, 0) is 12.5 Å². The monoisotopic (exact) mass is 1020 g/mol. The Morgan fingerprint density at radius 1 is 0.387 bits per heavy atom. The second-order valence-electron chi connectivity index (χ2n) is 14.2. The van der Waals surface area contributed by atoms with Crippen LogP contribution < -0.4 is 53.2 Å². The number of nitrogens with one attached hydrogen (secondary N) is 2. The molecular weight excluding hydrogens is 960 g/mol. The fraction of sp³-hybridized carbons (Fsp3) is 1.00. The number of halogens is 3. The summed E-state index contributed by atoms with van der Waals surface area (Å²) >= 11 is 0. The molecule has 62 heavy (non-hydrogen) atoms. The van der Waals surface area contributed by atoms with E-state index in [9.17, 15) is 61.3 Å². The van der Waals surface area contributed by atoms with E-state index in [1.54, 1.807) is 0 Å². The van der Waals surface area contributed by atoms with E-state index >= 15 is 0 Å². The fourth-order valence-corrected chi connectivity index (χ4v) is 6.43. The Morgan fingerprint density at radius 2 is 0.677 bits per heavy atom. The van der Waals surface area contributed by atoms with Crippen molar-refractivity contribution in [1.29, 1.82) is 0 Å². The maximum absolute atomic E-state index is 9.92. The van der Waals surface area contributed by atoms with Crippen molar-refractivity contribution in [3.05, 3.63) is 16.0 Å². The smallest absolute Gasteiger partial charge is 1.00 e. The first-order chi connectivity index (χ1) is 27.6. The van der Waals surface area contributed by atoms with Gasteiger partial charge in [0.15, 0.2) is 0 Å². The van der Waals surface area contributed by atoms with Gasteiger partial charge < -0.3 is 159 Å². The largest absolute Gasteiger partial charge is 2.00 e. The van der Waals surface area contributed by atoms with Crippen LogP contribution in [0, 0.1) is 0 Å². The summed E-state index contributed by atoms with van der Waals surface area (Å²) in [6, 6.07) is 0. The van der Waals surface area contributed by atoms with Gasteiger partial charge in [-0.15, -0.1) is 0 Å². The molecule has 368 valence electrons.